The van der Waals surface area contributed by atoms with Crippen molar-refractivity contribution in [3.8, 4) is 0 Å². The maximum absolute atomic E-state index is 13.3. The molecule has 142 valence electrons. The molecule has 6 nitrogen and oxygen atoms in total. The molecular weight excluding hydrogens is 354 g/mol. The van der Waals surface area contributed by atoms with E-state index in [4.69, 9.17) is 0 Å². The van der Waals surface area contributed by atoms with E-state index in [2.05, 4.69) is 10.2 Å². The smallest absolute Gasteiger partial charge is 0.264 e. The lowest BCUT2D eigenvalue weighted by Gasteiger charge is -2.23. The molecule has 0 bridgehead atoms. The molecule has 1 atom stereocenters. The molecule has 2 aromatic carbocycles. The van der Waals surface area contributed by atoms with Crippen molar-refractivity contribution < 1.29 is 14.7 Å². The SMILES string of the molecule is Cc1n[nH]c(C)c1C(=O)C[C@@]1(O)C(=O)N(Cc2ccccc2)c2ccccc21. The van der Waals surface area contributed by atoms with Gasteiger partial charge in [-0.05, 0) is 25.5 Å². The predicted octanol–water partition coefficient (Wildman–Crippen LogP) is 3.03. The predicted molar refractivity (Wildman–Crippen MR) is 105 cm³/mol. The minimum absolute atomic E-state index is 0.309. The third-order valence-corrected chi connectivity index (χ3v) is 5.25. The van der Waals surface area contributed by atoms with Gasteiger partial charge in [-0.2, -0.15) is 5.10 Å². The first-order chi connectivity index (χ1) is 13.4. The van der Waals surface area contributed by atoms with Crippen LogP contribution >= 0.6 is 0 Å². The van der Waals surface area contributed by atoms with Gasteiger partial charge in [-0.15, -0.1) is 0 Å². The fraction of sp³-hybridized carbons (Fsp3) is 0.227. The summed E-state index contributed by atoms with van der Waals surface area (Å²) >= 11 is 0. The van der Waals surface area contributed by atoms with E-state index < -0.39 is 11.5 Å². The van der Waals surface area contributed by atoms with Gasteiger partial charge in [0.15, 0.2) is 11.4 Å². The number of benzene rings is 2. The zero-order valence-electron chi connectivity index (χ0n) is 15.8. The maximum Gasteiger partial charge on any atom is 0.264 e. The summed E-state index contributed by atoms with van der Waals surface area (Å²) in [5.74, 6) is -0.791. The molecule has 6 heteroatoms. The van der Waals surface area contributed by atoms with Gasteiger partial charge in [0.2, 0.25) is 0 Å². The summed E-state index contributed by atoms with van der Waals surface area (Å²) < 4.78 is 0. The summed E-state index contributed by atoms with van der Waals surface area (Å²) in [6.45, 7) is 3.81. The number of anilines is 1. The number of carbonyl (C=O) groups is 2. The molecular formula is C22H21N3O3. The molecule has 1 aliphatic heterocycles. The number of hydrogen-bond donors (Lipinski definition) is 2. The maximum atomic E-state index is 13.3. The summed E-state index contributed by atoms with van der Waals surface area (Å²) in [5, 5.41) is 18.2. The Morgan fingerprint density at radius 2 is 1.79 bits per heavy atom. The first kappa shape index (κ1) is 18.1. The molecule has 2 heterocycles. The van der Waals surface area contributed by atoms with Crippen LogP contribution in [0, 0.1) is 13.8 Å². The highest BCUT2D eigenvalue weighted by atomic mass is 16.3. The Bertz CT molecular complexity index is 1040. The number of carbonyl (C=O) groups excluding carboxylic acids is 2. The molecule has 0 saturated carbocycles. The first-order valence-electron chi connectivity index (χ1n) is 9.14. The van der Waals surface area contributed by atoms with Crippen LogP contribution in [0.2, 0.25) is 0 Å². The average molecular weight is 375 g/mol. The second-order valence-corrected chi connectivity index (χ2v) is 7.16. The van der Waals surface area contributed by atoms with Crippen LogP contribution in [0.3, 0.4) is 0 Å². The Morgan fingerprint density at radius 1 is 1.11 bits per heavy atom. The number of amides is 1. The number of fused-ring (bicyclic) bond motifs is 1. The fourth-order valence-corrected chi connectivity index (χ4v) is 3.88. The van der Waals surface area contributed by atoms with E-state index in [0.717, 1.165) is 5.56 Å². The molecule has 0 unspecified atom stereocenters. The lowest BCUT2D eigenvalue weighted by atomic mass is 9.87. The Balaban J connectivity index is 1.71. The van der Waals surface area contributed by atoms with Gasteiger partial charge in [-0.3, -0.25) is 14.7 Å². The zero-order valence-corrected chi connectivity index (χ0v) is 15.8. The van der Waals surface area contributed by atoms with Gasteiger partial charge >= 0.3 is 0 Å². The van der Waals surface area contributed by atoms with Gasteiger partial charge in [0.05, 0.1) is 29.9 Å². The van der Waals surface area contributed by atoms with Crippen LogP contribution in [0.4, 0.5) is 5.69 Å². The van der Waals surface area contributed by atoms with Gasteiger partial charge in [-0.1, -0.05) is 48.5 Å². The van der Waals surface area contributed by atoms with Crippen molar-refractivity contribution in [3.63, 3.8) is 0 Å². The molecule has 1 amide bonds. The number of para-hydroxylation sites is 1. The van der Waals surface area contributed by atoms with Crippen LogP contribution in [0.5, 0.6) is 0 Å². The van der Waals surface area contributed by atoms with Crippen LogP contribution < -0.4 is 4.90 Å². The number of aromatic nitrogens is 2. The van der Waals surface area contributed by atoms with Crippen molar-refractivity contribution in [1.29, 1.82) is 0 Å². The van der Waals surface area contributed by atoms with Crippen molar-refractivity contribution in [3.05, 3.63) is 82.7 Å². The minimum Gasteiger partial charge on any atom is -0.375 e. The van der Waals surface area contributed by atoms with E-state index in [-0.39, 0.29) is 12.2 Å². The second-order valence-electron chi connectivity index (χ2n) is 7.16. The molecule has 4 rings (SSSR count). The Morgan fingerprint density at radius 3 is 2.46 bits per heavy atom. The average Bonchev–Trinajstić information content (AvgIpc) is 3.13. The lowest BCUT2D eigenvalue weighted by molar-refractivity contribution is -0.136. The number of nitrogens with one attached hydrogen (secondary N) is 1. The number of hydrogen-bond acceptors (Lipinski definition) is 4. The van der Waals surface area contributed by atoms with Gasteiger partial charge in [0, 0.05) is 11.3 Å². The first-order valence-corrected chi connectivity index (χ1v) is 9.14. The molecule has 0 radical (unpaired) electrons. The van der Waals surface area contributed by atoms with E-state index in [1.54, 1.807) is 36.9 Å². The monoisotopic (exact) mass is 375 g/mol. The van der Waals surface area contributed by atoms with Crippen LogP contribution in [-0.2, 0) is 16.9 Å². The van der Waals surface area contributed by atoms with Crippen LogP contribution in [0.15, 0.2) is 54.6 Å². The summed E-state index contributed by atoms with van der Waals surface area (Å²) in [5.41, 5.74) is 1.77. The van der Waals surface area contributed by atoms with E-state index in [1.165, 1.54) is 0 Å². The lowest BCUT2D eigenvalue weighted by Crippen LogP contribution is -2.41. The molecule has 0 saturated heterocycles. The van der Waals surface area contributed by atoms with Gasteiger partial charge in [0.25, 0.3) is 5.91 Å². The van der Waals surface area contributed by atoms with E-state index in [0.29, 0.717) is 34.7 Å². The van der Waals surface area contributed by atoms with E-state index >= 15 is 0 Å². The summed E-state index contributed by atoms with van der Waals surface area (Å²) in [7, 11) is 0. The number of rotatable bonds is 5. The molecule has 0 fully saturated rings. The summed E-state index contributed by atoms with van der Waals surface area (Å²) in [6.07, 6.45) is -0.324. The molecule has 0 spiro atoms. The fourth-order valence-electron chi connectivity index (χ4n) is 3.88. The normalized spacial score (nSPS) is 18.4. The second kappa shape index (κ2) is 6.73. The molecule has 28 heavy (non-hydrogen) atoms. The number of aryl methyl sites for hydroxylation is 2. The zero-order chi connectivity index (χ0) is 19.9. The number of Topliss-reactive ketones (excluding diaryl/α,β-unsaturated/α-hetero) is 1. The van der Waals surface area contributed by atoms with Crippen molar-refractivity contribution in [1.82, 2.24) is 10.2 Å². The molecule has 1 aromatic heterocycles. The highest BCUT2D eigenvalue weighted by molar-refractivity contribution is 6.11. The number of aromatic amines is 1. The van der Waals surface area contributed by atoms with E-state index in [9.17, 15) is 14.7 Å². The quantitative estimate of drug-likeness (QED) is 0.671. The third kappa shape index (κ3) is 2.82. The van der Waals surface area contributed by atoms with Gasteiger partial charge in [0.1, 0.15) is 0 Å². The largest absolute Gasteiger partial charge is 0.375 e. The number of aliphatic hydroxyl groups is 1. The highest BCUT2D eigenvalue weighted by Gasteiger charge is 2.51. The molecule has 2 N–H and O–H groups in total. The van der Waals surface area contributed by atoms with Crippen molar-refractivity contribution in [2.45, 2.75) is 32.4 Å². The summed E-state index contributed by atoms with van der Waals surface area (Å²) in [6, 6.07) is 16.7. The number of ketones is 1. The third-order valence-electron chi connectivity index (χ3n) is 5.25. The van der Waals surface area contributed by atoms with Crippen LogP contribution in [-0.4, -0.2) is 27.0 Å². The van der Waals surface area contributed by atoms with Crippen LogP contribution in [0.1, 0.15) is 39.3 Å². The van der Waals surface area contributed by atoms with Gasteiger partial charge < -0.3 is 10.0 Å². The highest BCUT2D eigenvalue weighted by Crippen LogP contribution is 2.43. The minimum atomic E-state index is -1.89. The van der Waals surface area contributed by atoms with Gasteiger partial charge in [-0.25, -0.2) is 0 Å². The van der Waals surface area contributed by atoms with Crippen LogP contribution in [0.25, 0.3) is 0 Å². The van der Waals surface area contributed by atoms with Crippen molar-refractivity contribution in [2.24, 2.45) is 0 Å². The topological polar surface area (TPSA) is 86.3 Å². The number of nitrogens with zero attached hydrogens (tertiary/aromatic N) is 2. The van der Waals surface area contributed by atoms with E-state index in [1.807, 2.05) is 36.4 Å². The Kier molecular flexibility index (Phi) is 4.35. The Labute approximate surface area is 162 Å². The Hall–Kier alpha value is -3.25. The summed E-state index contributed by atoms with van der Waals surface area (Å²) in [4.78, 5) is 27.8. The molecule has 3 aromatic rings. The van der Waals surface area contributed by atoms with Crippen molar-refractivity contribution >= 4 is 17.4 Å². The number of H-pyrrole nitrogens is 1. The molecule has 0 aliphatic carbocycles. The molecule has 1 aliphatic rings. The van der Waals surface area contributed by atoms with Crippen molar-refractivity contribution in [2.75, 3.05) is 4.90 Å². The standard InChI is InChI=1S/C22H21N3O3/c1-14-20(15(2)24-23-14)19(26)12-22(28)17-10-6-7-11-18(17)25(21(22)27)13-16-8-4-3-5-9-16/h3-11,28H,12-13H2,1-2H3,(H,23,24)/t22-/m0/s1.